The lowest BCUT2D eigenvalue weighted by atomic mass is 9.87. The van der Waals surface area contributed by atoms with Crippen molar-refractivity contribution in [3.05, 3.63) is 76.4 Å². The van der Waals surface area contributed by atoms with Crippen LogP contribution in [0.25, 0.3) is 10.9 Å². The molecule has 1 heterocycles. The number of nitrogens with one attached hydrogen (secondary N) is 1. The fraction of sp³-hybridized carbons (Fsp3) is 0.261. The smallest absolute Gasteiger partial charge is 0.339 e. The lowest BCUT2D eigenvalue weighted by Crippen LogP contribution is -2.39. The fourth-order valence-electron chi connectivity index (χ4n) is 3.78. The number of para-hydroxylation sites is 1. The first-order chi connectivity index (χ1) is 14.0. The van der Waals surface area contributed by atoms with E-state index in [1.54, 1.807) is 19.1 Å². The Balaban J connectivity index is 1.48. The highest BCUT2D eigenvalue weighted by Gasteiger charge is 2.26. The number of ether oxygens (including phenoxy) is 1. The standard InChI is InChI=1S/C23H21ClN2O3/c1-14(22(27)26-19-12-6-8-15-7-2-3-9-16(15)19)29-23(28)18-13-21(24)25-20-11-5-4-10-17(18)20/h2-5,7,9-11,13-14,19H,6,8,12H2,1H3,(H,26,27)/t14-,19-/m1/s1. The van der Waals surface area contributed by atoms with Crippen molar-refractivity contribution in [3.8, 4) is 0 Å². The summed E-state index contributed by atoms with van der Waals surface area (Å²) in [6.07, 6.45) is 1.97. The quantitative estimate of drug-likeness (QED) is 0.505. The Bertz CT molecular complexity index is 1080. The number of aryl methyl sites for hydroxylation is 1. The Morgan fingerprint density at radius 2 is 1.93 bits per heavy atom. The molecule has 5 nitrogen and oxygen atoms in total. The van der Waals surface area contributed by atoms with Crippen LogP contribution >= 0.6 is 11.6 Å². The average molecular weight is 409 g/mol. The van der Waals surface area contributed by atoms with Crippen LogP contribution in [-0.2, 0) is 16.0 Å². The molecule has 1 aliphatic carbocycles. The molecular formula is C23H21ClN2O3. The minimum atomic E-state index is -0.928. The minimum Gasteiger partial charge on any atom is -0.449 e. The lowest BCUT2D eigenvalue weighted by Gasteiger charge is -2.27. The van der Waals surface area contributed by atoms with Gasteiger partial charge < -0.3 is 10.1 Å². The van der Waals surface area contributed by atoms with Crippen LogP contribution in [0.2, 0.25) is 5.15 Å². The van der Waals surface area contributed by atoms with E-state index in [9.17, 15) is 9.59 Å². The first-order valence-electron chi connectivity index (χ1n) is 9.67. The number of fused-ring (bicyclic) bond motifs is 2. The van der Waals surface area contributed by atoms with Crippen LogP contribution in [0.1, 0.15) is 47.3 Å². The third kappa shape index (κ3) is 4.10. The van der Waals surface area contributed by atoms with E-state index in [1.165, 1.54) is 11.6 Å². The van der Waals surface area contributed by atoms with Crippen molar-refractivity contribution in [2.24, 2.45) is 0 Å². The van der Waals surface area contributed by atoms with Crippen LogP contribution < -0.4 is 5.32 Å². The first-order valence-corrected chi connectivity index (χ1v) is 10.0. The third-order valence-corrected chi connectivity index (χ3v) is 5.44. The van der Waals surface area contributed by atoms with Gasteiger partial charge in [0.25, 0.3) is 5.91 Å². The van der Waals surface area contributed by atoms with Crippen molar-refractivity contribution < 1.29 is 14.3 Å². The molecule has 1 aromatic heterocycles. The zero-order valence-corrected chi connectivity index (χ0v) is 16.8. The molecular weight excluding hydrogens is 388 g/mol. The van der Waals surface area contributed by atoms with Crippen molar-refractivity contribution in [1.82, 2.24) is 10.3 Å². The maximum atomic E-state index is 12.7. The van der Waals surface area contributed by atoms with E-state index in [0.29, 0.717) is 16.5 Å². The second-order valence-corrected chi connectivity index (χ2v) is 7.60. The summed E-state index contributed by atoms with van der Waals surface area (Å²) < 4.78 is 5.45. The first kappa shape index (κ1) is 19.4. The van der Waals surface area contributed by atoms with Crippen LogP contribution in [0.5, 0.6) is 0 Å². The van der Waals surface area contributed by atoms with Crippen LogP contribution in [0.4, 0.5) is 0 Å². The zero-order chi connectivity index (χ0) is 20.4. The predicted molar refractivity (Wildman–Crippen MR) is 112 cm³/mol. The molecule has 2 aromatic carbocycles. The van der Waals surface area contributed by atoms with Crippen LogP contribution in [0, 0.1) is 0 Å². The number of aromatic nitrogens is 1. The largest absolute Gasteiger partial charge is 0.449 e. The average Bonchev–Trinajstić information content (AvgIpc) is 2.73. The Labute approximate surface area is 174 Å². The molecule has 0 radical (unpaired) electrons. The molecule has 4 rings (SSSR count). The van der Waals surface area contributed by atoms with Crippen molar-refractivity contribution in [3.63, 3.8) is 0 Å². The van der Waals surface area contributed by atoms with Gasteiger partial charge in [-0.2, -0.15) is 0 Å². The molecule has 148 valence electrons. The normalized spacial score (nSPS) is 16.7. The Morgan fingerprint density at radius 1 is 1.17 bits per heavy atom. The summed E-state index contributed by atoms with van der Waals surface area (Å²) in [5.41, 5.74) is 3.29. The number of carbonyl (C=O) groups excluding carboxylic acids is 2. The lowest BCUT2D eigenvalue weighted by molar-refractivity contribution is -0.130. The molecule has 1 amide bonds. The number of rotatable bonds is 4. The monoisotopic (exact) mass is 408 g/mol. The number of hydrogen-bond acceptors (Lipinski definition) is 4. The summed E-state index contributed by atoms with van der Waals surface area (Å²) in [7, 11) is 0. The fourth-order valence-corrected chi connectivity index (χ4v) is 3.98. The van der Waals surface area contributed by atoms with E-state index < -0.39 is 12.1 Å². The summed E-state index contributed by atoms with van der Waals surface area (Å²) in [6.45, 7) is 1.58. The molecule has 0 unspecified atom stereocenters. The van der Waals surface area contributed by atoms with Crippen molar-refractivity contribution in [2.45, 2.75) is 38.3 Å². The van der Waals surface area contributed by atoms with Gasteiger partial charge in [0.15, 0.2) is 6.10 Å². The Kier molecular flexibility index (Phi) is 5.49. The molecule has 1 aliphatic rings. The second-order valence-electron chi connectivity index (χ2n) is 7.21. The number of carbonyl (C=O) groups is 2. The van der Waals surface area contributed by atoms with E-state index >= 15 is 0 Å². The summed E-state index contributed by atoms with van der Waals surface area (Å²) in [4.78, 5) is 29.6. The number of pyridine rings is 1. The van der Waals surface area contributed by atoms with Crippen molar-refractivity contribution in [2.75, 3.05) is 0 Å². The summed E-state index contributed by atoms with van der Waals surface area (Å²) in [5, 5.41) is 3.86. The number of benzene rings is 2. The van der Waals surface area contributed by atoms with Crippen LogP contribution in [-0.4, -0.2) is 23.0 Å². The Hall–Kier alpha value is -2.92. The summed E-state index contributed by atoms with van der Waals surface area (Å²) in [6, 6.07) is 16.7. The Morgan fingerprint density at radius 3 is 2.79 bits per heavy atom. The van der Waals surface area contributed by atoms with E-state index in [1.807, 2.05) is 30.3 Å². The van der Waals surface area contributed by atoms with Crippen molar-refractivity contribution >= 4 is 34.4 Å². The van der Waals surface area contributed by atoms with Gasteiger partial charge in [-0.3, -0.25) is 4.79 Å². The van der Waals surface area contributed by atoms with Gasteiger partial charge >= 0.3 is 5.97 Å². The molecule has 2 atom stereocenters. The van der Waals surface area contributed by atoms with Gasteiger partial charge in [-0.05, 0) is 49.4 Å². The van der Waals surface area contributed by atoms with Gasteiger partial charge in [0.2, 0.25) is 0 Å². The number of amides is 1. The third-order valence-electron chi connectivity index (χ3n) is 5.24. The van der Waals surface area contributed by atoms with Gasteiger partial charge in [-0.15, -0.1) is 0 Å². The molecule has 0 fully saturated rings. The van der Waals surface area contributed by atoms with E-state index in [4.69, 9.17) is 16.3 Å². The summed E-state index contributed by atoms with van der Waals surface area (Å²) >= 11 is 6.05. The summed E-state index contributed by atoms with van der Waals surface area (Å²) in [5.74, 6) is -0.915. The van der Waals surface area contributed by atoms with Crippen LogP contribution in [0.15, 0.2) is 54.6 Å². The number of halogens is 1. The SMILES string of the molecule is C[C@@H](OC(=O)c1cc(Cl)nc2ccccc12)C(=O)N[C@@H]1CCCc2ccccc21. The second kappa shape index (κ2) is 8.21. The van der Waals surface area contributed by atoms with Crippen molar-refractivity contribution in [1.29, 1.82) is 0 Å². The molecule has 0 saturated carbocycles. The zero-order valence-electron chi connectivity index (χ0n) is 16.0. The van der Waals surface area contributed by atoms with Gasteiger partial charge in [-0.1, -0.05) is 54.1 Å². The molecule has 0 bridgehead atoms. The molecule has 0 aliphatic heterocycles. The van der Waals surface area contributed by atoms with Gasteiger partial charge in [0.05, 0.1) is 17.1 Å². The van der Waals surface area contributed by atoms with E-state index in [-0.39, 0.29) is 17.1 Å². The van der Waals surface area contributed by atoms with E-state index in [2.05, 4.69) is 16.4 Å². The maximum absolute atomic E-state index is 12.7. The van der Waals surface area contributed by atoms with Gasteiger partial charge in [0.1, 0.15) is 5.15 Å². The topological polar surface area (TPSA) is 68.3 Å². The molecule has 3 aromatic rings. The van der Waals surface area contributed by atoms with E-state index in [0.717, 1.165) is 24.8 Å². The highest BCUT2D eigenvalue weighted by Crippen LogP contribution is 2.29. The highest BCUT2D eigenvalue weighted by atomic mass is 35.5. The molecule has 0 spiro atoms. The van der Waals surface area contributed by atoms with Crippen LogP contribution in [0.3, 0.4) is 0 Å². The molecule has 29 heavy (non-hydrogen) atoms. The molecule has 1 N–H and O–H groups in total. The molecule has 0 saturated heterocycles. The van der Waals surface area contributed by atoms with Gasteiger partial charge in [0, 0.05) is 5.39 Å². The number of hydrogen-bond donors (Lipinski definition) is 1. The predicted octanol–water partition coefficient (Wildman–Crippen LogP) is 4.63. The maximum Gasteiger partial charge on any atom is 0.339 e. The number of nitrogens with zero attached hydrogens (tertiary/aromatic N) is 1. The van der Waals surface area contributed by atoms with Gasteiger partial charge in [-0.25, -0.2) is 9.78 Å². The number of esters is 1. The minimum absolute atomic E-state index is 0.0650. The molecule has 6 heteroatoms. The highest BCUT2D eigenvalue weighted by molar-refractivity contribution is 6.30.